The number of benzene rings is 1. The third-order valence-electron chi connectivity index (χ3n) is 4.67. The molecular formula is C18H23N3O. The number of nitrogens with one attached hydrogen (secondary N) is 1. The van der Waals surface area contributed by atoms with Crippen LogP contribution >= 0.6 is 0 Å². The van der Waals surface area contributed by atoms with Crippen LogP contribution < -0.4 is 5.32 Å². The second-order valence-electron chi connectivity index (χ2n) is 6.36. The van der Waals surface area contributed by atoms with E-state index in [-0.39, 0.29) is 11.3 Å². The van der Waals surface area contributed by atoms with Crippen molar-refractivity contribution in [2.75, 3.05) is 0 Å². The van der Waals surface area contributed by atoms with Gasteiger partial charge >= 0.3 is 0 Å². The van der Waals surface area contributed by atoms with Crippen LogP contribution in [0.15, 0.2) is 36.7 Å². The number of amides is 1. The zero-order valence-corrected chi connectivity index (χ0v) is 13.3. The van der Waals surface area contributed by atoms with Crippen molar-refractivity contribution >= 4 is 5.91 Å². The molecule has 1 amide bonds. The molecule has 0 radical (unpaired) electrons. The van der Waals surface area contributed by atoms with Crippen LogP contribution in [0.4, 0.5) is 0 Å². The van der Waals surface area contributed by atoms with Crippen molar-refractivity contribution in [1.82, 2.24) is 15.1 Å². The summed E-state index contributed by atoms with van der Waals surface area (Å²) >= 11 is 0. The summed E-state index contributed by atoms with van der Waals surface area (Å²) in [4.78, 5) is 12.9. The standard InChI is InChI=1S/C18H23N3O/c1-14-6-5-7-16(10-14)18(8-3-4-9-18)17(22)19-11-15-12-20-21(2)13-15/h5-7,10,12-13H,3-4,8-9,11H2,1-2H3,(H,19,22). The molecule has 1 fully saturated rings. The molecule has 0 saturated heterocycles. The van der Waals surface area contributed by atoms with Crippen molar-refractivity contribution in [1.29, 1.82) is 0 Å². The second kappa shape index (κ2) is 5.95. The predicted octanol–water partition coefficient (Wildman–Crippen LogP) is 2.86. The van der Waals surface area contributed by atoms with Gasteiger partial charge in [-0.25, -0.2) is 0 Å². The minimum atomic E-state index is -0.353. The van der Waals surface area contributed by atoms with Crippen molar-refractivity contribution in [2.45, 2.75) is 44.6 Å². The maximum absolute atomic E-state index is 12.9. The smallest absolute Gasteiger partial charge is 0.230 e. The summed E-state index contributed by atoms with van der Waals surface area (Å²) < 4.78 is 1.76. The number of carbonyl (C=O) groups excluding carboxylic acids is 1. The molecule has 1 saturated carbocycles. The number of hydrogen-bond donors (Lipinski definition) is 1. The third-order valence-corrected chi connectivity index (χ3v) is 4.67. The fraction of sp³-hybridized carbons (Fsp3) is 0.444. The third kappa shape index (κ3) is 2.78. The van der Waals surface area contributed by atoms with E-state index < -0.39 is 0 Å². The molecule has 1 aliphatic rings. The largest absolute Gasteiger partial charge is 0.351 e. The van der Waals surface area contributed by atoms with E-state index in [1.807, 2.05) is 13.2 Å². The Bertz CT molecular complexity index is 668. The maximum Gasteiger partial charge on any atom is 0.230 e. The van der Waals surface area contributed by atoms with Gasteiger partial charge in [0, 0.05) is 25.4 Å². The molecule has 4 heteroatoms. The van der Waals surface area contributed by atoms with Gasteiger partial charge < -0.3 is 5.32 Å². The number of nitrogens with zero attached hydrogens (tertiary/aromatic N) is 2. The highest BCUT2D eigenvalue weighted by Gasteiger charge is 2.42. The highest BCUT2D eigenvalue weighted by Crippen LogP contribution is 2.41. The number of aryl methyl sites for hydroxylation is 2. The molecule has 2 aromatic rings. The summed E-state index contributed by atoms with van der Waals surface area (Å²) in [6.07, 6.45) is 7.86. The molecule has 1 N–H and O–H groups in total. The minimum absolute atomic E-state index is 0.152. The molecule has 1 aliphatic carbocycles. The summed E-state index contributed by atoms with van der Waals surface area (Å²) in [7, 11) is 1.89. The van der Waals surface area contributed by atoms with Crippen LogP contribution in [0.2, 0.25) is 0 Å². The van der Waals surface area contributed by atoms with Crippen LogP contribution in [0.3, 0.4) is 0 Å². The molecule has 3 rings (SSSR count). The van der Waals surface area contributed by atoms with Gasteiger partial charge in [-0.15, -0.1) is 0 Å². The van der Waals surface area contributed by atoms with E-state index in [2.05, 4.69) is 41.6 Å². The highest BCUT2D eigenvalue weighted by atomic mass is 16.2. The van der Waals surface area contributed by atoms with E-state index in [0.717, 1.165) is 36.8 Å². The van der Waals surface area contributed by atoms with Crippen LogP contribution in [0.25, 0.3) is 0 Å². The van der Waals surface area contributed by atoms with Gasteiger partial charge in [0.15, 0.2) is 0 Å². The zero-order valence-electron chi connectivity index (χ0n) is 13.3. The van der Waals surface area contributed by atoms with Gasteiger partial charge in [-0.2, -0.15) is 5.10 Å². The second-order valence-corrected chi connectivity index (χ2v) is 6.36. The van der Waals surface area contributed by atoms with E-state index in [9.17, 15) is 4.79 Å². The first-order chi connectivity index (χ1) is 10.6. The average Bonchev–Trinajstić information content (AvgIpc) is 3.14. The highest BCUT2D eigenvalue weighted by molar-refractivity contribution is 5.88. The summed E-state index contributed by atoms with van der Waals surface area (Å²) in [6, 6.07) is 8.40. The Kier molecular flexibility index (Phi) is 4.01. The number of carbonyl (C=O) groups is 1. The van der Waals surface area contributed by atoms with E-state index in [1.54, 1.807) is 10.9 Å². The molecular weight excluding hydrogens is 274 g/mol. The Morgan fingerprint density at radius 1 is 1.36 bits per heavy atom. The Hall–Kier alpha value is -2.10. The van der Waals surface area contributed by atoms with Crippen LogP contribution in [0, 0.1) is 6.92 Å². The number of rotatable bonds is 4. The zero-order chi connectivity index (χ0) is 15.6. The average molecular weight is 297 g/mol. The fourth-order valence-electron chi connectivity index (χ4n) is 3.48. The molecule has 0 unspecified atom stereocenters. The van der Waals surface area contributed by atoms with Crippen molar-refractivity contribution in [3.05, 3.63) is 53.3 Å². The van der Waals surface area contributed by atoms with Crippen LogP contribution in [-0.4, -0.2) is 15.7 Å². The van der Waals surface area contributed by atoms with E-state index in [0.29, 0.717) is 6.54 Å². The van der Waals surface area contributed by atoms with Gasteiger partial charge in [-0.05, 0) is 25.3 Å². The van der Waals surface area contributed by atoms with E-state index in [4.69, 9.17) is 0 Å². The molecule has 0 spiro atoms. The summed E-state index contributed by atoms with van der Waals surface area (Å²) in [5.74, 6) is 0.152. The molecule has 116 valence electrons. The summed E-state index contributed by atoms with van der Waals surface area (Å²) in [5, 5.41) is 7.27. The topological polar surface area (TPSA) is 46.9 Å². The number of aromatic nitrogens is 2. The lowest BCUT2D eigenvalue weighted by Crippen LogP contribution is -2.42. The van der Waals surface area contributed by atoms with Gasteiger partial charge in [0.1, 0.15) is 0 Å². The van der Waals surface area contributed by atoms with Crippen LogP contribution in [0.5, 0.6) is 0 Å². The molecule has 1 aromatic carbocycles. The summed E-state index contributed by atoms with van der Waals surface area (Å²) in [5.41, 5.74) is 3.06. The minimum Gasteiger partial charge on any atom is -0.351 e. The van der Waals surface area contributed by atoms with Crippen molar-refractivity contribution in [3.63, 3.8) is 0 Å². The van der Waals surface area contributed by atoms with Gasteiger partial charge in [0.05, 0.1) is 11.6 Å². The lowest BCUT2D eigenvalue weighted by Gasteiger charge is -2.28. The van der Waals surface area contributed by atoms with Gasteiger partial charge in [0.2, 0.25) is 5.91 Å². The Morgan fingerprint density at radius 3 is 2.77 bits per heavy atom. The molecule has 0 atom stereocenters. The summed E-state index contributed by atoms with van der Waals surface area (Å²) in [6.45, 7) is 2.62. The SMILES string of the molecule is Cc1cccc(C2(C(=O)NCc3cnn(C)c3)CCCC2)c1. The van der Waals surface area contributed by atoms with Gasteiger partial charge in [-0.3, -0.25) is 9.48 Å². The van der Waals surface area contributed by atoms with Crippen LogP contribution in [-0.2, 0) is 23.8 Å². The molecule has 1 aromatic heterocycles. The van der Waals surface area contributed by atoms with Crippen molar-refractivity contribution in [2.24, 2.45) is 7.05 Å². The van der Waals surface area contributed by atoms with Crippen LogP contribution in [0.1, 0.15) is 42.4 Å². The molecule has 22 heavy (non-hydrogen) atoms. The fourth-order valence-corrected chi connectivity index (χ4v) is 3.48. The molecule has 0 bridgehead atoms. The lowest BCUT2D eigenvalue weighted by molar-refractivity contribution is -0.126. The number of hydrogen-bond acceptors (Lipinski definition) is 2. The van der Waals surface area contributed by atoms with E-state index in [1.165, 1.54) is 5.56 Å². The van der Waals surface area contributed by atoms with Crippen molar-refractivity contribution < 1.29 is 4.79 Å². The first-order valence-corrected chi connectivity index (χ1v) is 7.93. The first kappa shape index (κ1) is 14.8. The predicted molar refractivity (Wildman–Crippen MR) is 86.4 cm³/mol. The monoisotopic (exact) mass is 297 g/mol. The van der Waals surface area contributed by atoms with Gasteiger partial charge in [-0.1, -0.05) is 42.7 Å². The normalized spacial score (nSPS) is 16.6. The Balaban J connectivity index is 1.79. The molecule has 0 aliphatic heterocycles. The Labute approximate surface area is 131 Å². The maximum atomic E-state index is 12.9. The molecule has 1 heterocycles. The Morgan fingerprint density at radius 2 is 2.14 bits per heavy atom. The first-order valence-electron chi connectivity index (χ1n) is 7.93. The van der Waals surface area contributed by atoms with Gasteiger partial charge in [0.25, 0.3) is 0 Å². The molecule has 4 nitrogen and oxygen atoms in total. The van der Waals surface area contributed by atoms with E-state index >= 15 is 0 Å². The quantitative estimate of drug-likeness (QED) is 0.943. The lowest BCUT2D eigenvalue weighted by atomic mass is 9.77. The van der Waals surface area contributed by atoms with Crippen molar-refractivity contribution in [3.8, 4) is 0 Å².